The number of aromatic amines is 1. The number of carbonyl (C=O) groups is 17. The van der Waals surface area contributed by atoms with Crippen LogP contribution >= 0.6 is 0 Å². The lowest BCUT2D eigenvalue weighted by molar-refractivity contribution is -0.145. The van der Waals surface area contributed by atoms with Gasteiger partial charge in [-0.3, -0.25) is 76.7 Å². The lowest BCUT2D eigenvalue weighted by atomic mass is 9.96. The van der Waals surface area contributed by atoms with Crippen LogP contribution in [0.2, 0.25) is 0 Å². The van der Waals surface area contributed by atoms with Gasteiger partial charge in [-0.1, -0.05) is 80.0 Å². The Hall–Kier alpha value is -10.5. The molecule has 15 amide bonds. The van der Waals surface area contributed by atoms with E-state index in [2.05, 4.69) is 68.8 Å². The van der Waals surface area contributed by atoms with Gasteiger partial charge in [0.15, 0.2) is 0 Å². The first-order valence-electron chi connectivity index (χ1n) is 37.6. The second-order valence-corrected chi connectivity index (χ2v) is 29.5. The number of rotatable bonds is 45. The third-order valence-electron chi connectivity index (χ3n) is 19.3. The summed E-state index contributed by atoms with van der Waals surface area (Å²) in [6.07, 6.45) is -3.74. The van der Waals surface area contributed by atoms with Crippen molar-refractivity contribution >= 4 is 111 Å². The van der Waals surface area contributed by atoms with Gasteiger partial charge in [-0.2, -0.15) is 0 Å². The molecule has 1 aromatic carbocycles. The zero-order valence-corrected chi connectivity index (χ0v) is 65.6. The SMILES string of the molecule is CC[C@H](C)[C@H](NC(=O)[C@H](CC(=O)O)NC(=O)[C@@H]1CCCN1C(=O)[C@@H](NC(=O)[C@@H](N)CO)[C@@H](C)O)C(=O)N[C@@H](Cc1c[nH]c2ccccc12)C(=O)NCC(=O)N1CCC[C@H]1C(=O)NCC(=O)N[C@H](C(=O)N[C@@H](CC(C)C)C(=O)N[C@H](C(=O)N[C@H](C(=O)N[C@H](C(=O)N[C@@H](CO)C(=O)N[C@@H](CO)C(=O)O)C(C)C)[C@@H](C)O)C(C)C)[C@@H](C)O. The van der Waals surface area contributed by atoms with E-state index in [0.717, 1.165) is 23.6 Å². The number of nitrogens with two attached hydrogens (primary N) is 1. The molecule has 2 fully saturated rings. The minimum atomic E-state index is -1.86. The van der Waals surface area contributed by atoms with Crippen molar-refractivity contribution in [3.63, 3.8) is 0 Å². The Bertz CT molecular complexity index is 3740. The number of para-hydroxylation sites is 1. The number of aliphatic carboxylic acids is 2. The van der Waals surface area contributed by atoms with E-state index in [9.17, 15) is 122 Å². The fourth-order valence-electron chi connectivity index (χ4n) is 12.5. The highest BCUT2D eigenvalue weighted by atomic mass is 16.4. The van der Waals surface area contributed by atoms with Gasteiger partial charge in [0, 0.05) is 36.6 Å². The van der Waals surface area contributed by atoms with Crippen molar-refractivity contribution in [2.45, 2.75) is 230 Å². The van der Waals surface area contributed by atoms with E-state index in [1.807, 2.05) is 5.32 Å². The highest BCUT2D eigenvalue weighted by Crippen LogP contribution is 2.23. The van der Waals surface area contributed by atoms with Crippen LogP contribution in [0.1, 0.15) is 127 Å². The Labute approximate surface area is 657 Å². The Kier molecular flexibility index (Phi) is 38.2. The molecule has 2 aromatic rings. The monoisotopic (exact) mass is 1620 g/mol. The molecule has 2 aliphatic rings. The first-order valence-corrected chi connectivity index (χ1v) is 37.6. The van der Waals surface area contributed by atoms with Crippen LogP contribution in [0.25, 0.3) is 10.9 Å². The standard InChI is InChI=1S/C72H113N17O25/c1-12-35(8)55(85-62(103)45(25-52(98)99)77-65(106)49-20-16-22-89(49)71(112)58(38(11)95)87-59(100)41(73)29-90)68(109)79-44(24-39-26-74-42-18-14-13-17-40(39)42)60(101)76-28-51(97)88-21-15-19-48(88)64(105)75-27-50(96)82-56(36(9)93)69(110)78-43(23-32(2)3)61(102)83-54(34(6)7)67(108)86-57(37(10)94)70(111)84-53(33(4)5)66(107)80-46(30-91)63(104)81-47(31-92)72(113)114/h13-14,17-18,26,32-38,41,43-49,53-58,74,90-95H,12,15-16,19-25,27-31,73H2,1-11H3,(H,75,105)(H,76,101)(H,77,106)(H,78,110)(H,79,109)(H,80,107)(H,81,104)(H,82,96)(H,83,102)(H,84,111)(H,85,103)(H,86,108)(H,87,100)(H,98,99)(H,113,114)/t35-,36+,37+,38+,41-,43-,44-,45-,46-,47-,48-,49-,53-,54-,55-,56-,57-,58-/m0/s1. The van der Waals surface area contributed by atoms with E-state index in [-0.39, 0.29) is 64.0 Å². The number of likely N-dealkylation sites (tertiary alicyclic amines) is 2. The van der Waals surface area contributed by atoms with E-state index in [1.54, 1.807) is 58.2 Å². The molecule has 0 spiro atoms. The van der Waals surface area contributed by atoms with Gasteiger partial charge in [-0.15, -0.1) is 0 Å². The number of benzene rings is 1. The Morgan fingerprint density at radius 3 is 1.49 bits per heavy atom. The predicted molar refractivity (Wildman–Crippen MR) is 401 cm³/mol. The normalized spacial score (nSPS) is 18.3. The Balaban J connectivity index is 1.44. The molecule has 0 aliphatic carbocycles. The van der Waals surface area contributed by atoms with Gasteiger partial charge in [-0.25, -0.2) is 4.79 Å². The van der Waals surface area contributed by atoms with E-state index in [0.29, 0.717) is 16.5 Å². The van der Waals surface area contributed by atoms with Crippen LogP contribution in [0.15, 0.2) is 30.5 Å². The van der Waals surface area contributed by atoms with E-state index in [1.165, 1.54) is 34.6 Å². The number of aliphatic hydroxyl groups is 6. The largest absolute Gasteiger partial charge is 0.481 e. The molecular formula is C72H113N17O25. The quantitative estimate of drug-likeness (QED) is 0.0293. The number of H-pyrrole nitrogens is 1. The van der Waals surface area contributed by atoms with Crippen molar-refractivity contribution in [1.82, 2.24) is 83.9 Å². The molecule has 0 radical (unpaired) electrons. The summed E-state index contributed by atoms with van der Waals surface area (Å²) in [6.45, 7) is 11.6. The minimum Gasteiger partial charge on any atom is -0.481 e. The first kappa shape index (κ1) is 95.8. The fraction of sp³-hybridized carbons (Fsp3) is 0.653. The van der Waals surface area contributed by atoms with Crippen molar-refractivity contribution < 1.29 is 122 Å². The van der Waals surface area contributed by atoms with E-state index >= 15 is 0 Å². The number of carbonyl (C=O) groups excluding carboxylic acids is 15. The van der Waals surface area contributed by atoms with Crippen molar-refractivity contribution in [1.29, 1.82) is 0 Å². The van der Waals surface area contributed by atoms with Gasteiger partial charge in [0.25, 0.3) is 0 Å². The molecule has 636 valence electrons. The van der Waals surface area contributed by atoms with Gasteiger partial charge < -0.3 is 130 Å². The second kappa shape index (κ2) is 45.4. The lowest BCUT2D eigenvalue weighted by Crippen LogP contribution is -2.63. The number of hydrogen-bond acceptors (Lipinski definition) is 24. The number of nitrogens with one attached hydrogen (secondary N) is 14. The molecule has 0 saturated carbocycles. The van der Waals surface area contributed by atoms with E-state index < -0.39 is 261 Å². The second-order valence-electron chi connectivity index (χ2n) is 29.5. The van der Waals surface area contributed by atoms with Crippen molar-refractivity contribution in [2.75, 3.05) is 46.0 Å². The van der Waals surface area contributed by atoms with Gasteiger partial charge >= 0.3 is 11.9 Å². The van der Waals surface area contributed by atoms with Crippen molar-refractivity contribution in [3.8, 4) is 0 Å². The van der Waals surface area contributed by atoms with Crippen LogP contribution in [0.4, 0.5) is 0 Å². The van der Waals surface area contributed by atoms with Crippen LogP contribution in [0.5, 0.6) is 0 Å². The molecule has 18 atom stereocenters. The van der Waals surface area contributed by atoms with Crippen molar-refractivity contribution in [2.24, 2.45) is 29.4 Å². The fourth-order valence-corrected chi connectivity index (χ4v) is 12.5. The molecule has 42 nitrogen and oxygen atoms in total. The molecule has 24 N–H and O–H groups in total. The number of fused-ring (bicyclic) bond motifs is 1. The predicted octanol–water partition coefficient (Wildman–Crippen LogP) is -8.33. The van der Waals surface area contributed by atoms with Gasteiger partial charge in [0.1, 0.15) is 84.6 Å². The third kappa shape index (κ3) is 27.9. The maximum atomic E-state index is 14.6. The topological polar surface area (TPSA) is 657 Å². The smallest absolute Gasteiger partial charge is 0.328 e. The number of aliphatic hydroxyl groups excluding tert-OH is 6. The number of aromatic nitrogens is 1. The highest BCUT2D eigenvalue weighted by molar-refractivity contribution is 6.01. The van der Waals surface area contributed by atoms with Crippen molar-refractivity contribution in [3.05, 3.63) is 36.0 Å². The summed E-state index contributed by atoms with van der Waals surface area (Å²) in [5, 5.41) is 111. The molecule has 0 unspecified atom stereocenters. The molecule has 4 rings (SSSR count). The molecule has 3 heterocycles. The zero-order valence-electron chi connectivity index (χ0n) is 65.6. The zero-order chi connectivity index (χ0) is 85.9. The maximum absolute atomic E-state index is 14.6. The molecule has 42 heteroatoms. The summed E-state index contributed by atoms with van der Waals surface area (Å²) in [4.78, 5) is 236. The average Bonchev–Trinajstić information content (AvgIpc) is 1.66. The number of amides is 15. The summed E-state index contributed by atoms with van der Waals surface area (Å²) in [5.41, 5.74) is 6.77. The summed E-state index contributed by atoms with van der Waals surface area (Å²) in [7, 11) is 0. The van der Waals surface area contributed by atoms with Crippen LogP contribution in [0, 0.1) is 23.7 Å². The lowest BCUT2D eigenvalue weighted by Gasteiger charge is -2.31. The third-order valence-corrected chi connectivity index (χ3v) is 19.3. The summed E-state index contributed by atoms with van der Waals surface area (Å²) in [5.74, 6) is -20.7. The number of hydrogen-bond donors (Lipinski definition) is 23. The number of nitrogens with zero attached hydrogens (tertiary/aromatic N) is 2. The van der Waals surface area contributed by atoms with Gasteiger partial charge in [0.2, 0.25) is 88.6 Å². The highest BCUT2D eigenvalue weighted by Gasteiger charge is 2.44. The molecule has 0 bridgehead atoms. The molecular weight excluding hydrogens is 1500 g/mol. The number of carboxylic acids is 2. The first-order chi connectivity index (χ1) is 53.5. The van der Waals surface area contributed by atoms with Crippen LogP contribution in [0.3, 0.4) is 0 Å². The van der Waals surface area contributed by atoms with Crippen LogP contribution in [-0.4, -0.2) is 305 Å². The van der Waals surface area contributed by atoms with Crippen LogP contribution < -0.4 is 74.9 Å². The molecule has 2 aliphatic heterocycles. The summed E-state index contributed by atoms with van der Waals surface area (Å²) < 4.78 is 0. The summed E-state index contributed by atoms with van der Waals surface area (Å²) in [6, 6.07) is -15.1. The maximum Gasteiger partial charge on any atom is 0.328 e. The van der Waals surface area contributed by atoms with Gasteiger partial charge in [0.05, 0.1) is 57.6 Å². The van der Waals surface area contributed by atoms with Gasteiger partial charge in [-0.05, 0) is 88.2 Å². The number of carboxylic acid groups (broad SMARTS) is 2. The summed E-state index contributed by atoms with van der Waals surface area (Å²) >= 11 is 0. The molecule has 2 saturated heterocycles. The van der Waals surface area contributed by atoms with Crippen LogP contribution in [-0.2, 0) is 87.9 Å². The Morgan fingerprint density at radius 1 is 0.482 bits per heavy atom. The molecule has 1 aromatic heterocycles. The molecule has 114 heavy (non-hydrogen) atoms. The average molecular weight is 1620 g/mol. The minimum absolute atomic E-state index is 0.00180. The van der Waals surface area contributed by atoms with E-state index in [4.69, 9.17) is 5.73 Å². The Morgan fingerprint density at radius 2 is 0.947 bits per heavy atom.